The van der Waals surface area contributed by atoms with E-state index < -0.39 is 6.10 Å². The summed E-state index contributed by atoms with van der Waals surface area (Å²) in [6.45, 7) is 5.28. The van der Waals surface area contributed by atoms with E-state index in [2.05, 4.69) is 46.4 Å². The summed E-state index contributed by atoms with van der Waals surface area (Å²) in [6.07, 6.45) is 2.41. The quantitative estimate of drug-likeness (QED) is 0.468. The lowest BCUT2D eigenvalue weighted by Gasteiger charge is -2.21. The predicted octanol–water partition coefficient (Wildman–Crippen LogP) is 3.81. The number of aromatic nitrogens is 1. The zero-order chi connectivity index (χ0) is 21.9. The Hall–Kier alpha value is -2.73. The SMILES string of the molecule is CCc1ccc(CNCc2ccc(OC[C@H](O)CN(C)Cc3ccccc3)cc2)nc1. The van der Waals surface area contributed by atoms with Gasteiger partial charge in [0, 0.05) is 32.4 Å². The van der Waals surface area contributed by atoms with E-state index in [-0.39, 0.29) is 6.61 Å². The molecular formula is C26H33N3O2. The molecule has 0 fully saturated rings. The summed E-state index contributed by atoms with van der Waals surface area (Å²) in [5.41, 5.74) is 4.72. The largest absolute Gasteiger partial charge is 0.491 e. The van der Waals surface area contributed by atoms with Crippen LogP contribution in [-0.2, 0) is 26.1 Å². The van der Waals surface area contributed by atoms with Crippen molar-refractivity contribution in [1.82, 2.24) is 15.2 Å². The molecule has 5 nitrogen and oxygen atoms in total. The number of aryl methyl sites for hydroxylation is 1. The van der Waals surface area contributed by atoms with Gasteiger partial charge in [0.05, 0.1) is 5.69 Å². The Labute approximate surface area is 185 Å². The van der Waals surface area contributed by atoms with E-state index in [1.165, 1.54) is 16.7 Å². The van der Waals surface area contributed by atoms with Crippen LogP contribution >= 0.6 is 0 Å². The number of ether oxygens (including phenoxy) is 1. The van der Waals surface area contributed by atoms with Crippen LogP contribution in [-0.4, -0.2) is 41.3 Å². The van der Waals surface area contributed by atoms with Crippen LogP contribution in [0.25, 0.3) is 0 Å². The molecule has 0 radical (unpaired) electrons. The highest BCUT2D eigenvalue weighted by Crippen LogP contribution is 2.13. The maximum absolute atomic E-state index is 10.3. The third-order valence-corrected chi connectivity index (χ3v) is 5.11. The molecule has 0 bridgehead atoms. The standard InChI is InChI=1S/C26H33N3O2/c1-3-21-9-12-24(28-16-21)17-27-15-22-10-13-26(14-11-22)31-20-25(30)19-29(2)18-23-7-5-4-6-8-23/h4-14,16,25,27,30H,3,15,17-20H2,1-2H3/t25-/m1/s1. The Morgan fingerprint density at radius 1 is 0.935 bits per heavy atom. The molecule has 3 rings (SSSR count). The first-order chi connectivity index (χ1) is 15.1. The van der Waals surface area contributed by atoms with Gasteiger partial charge in [-0.15, -0.1) is 0 Å². The molecule has 0 saturated carbocycles. The third-order valence-electron chi connectivity index (χ3n) is 5.11. The molecule has 1 aromatic heterocycles. The fourth-order valence-corrected chi connectivity index (χ4v) is 3.37. The van der Waals surface area contributed by atoms with Gasteiger partial charge in [-0.05, 0) is 48.4 Å². The molecule has 0 aliphatic heterocycles. The van der Waals surface area contributed by atoms with Crippen LogP contribution < -0.4 is 10.1 Å². The maximum atomic E-state index is 10.3. The lowest BCUT2D eigenvalue weighted by molar-refractivity contribution is 0.0744. The second-order valence-electron chi connectivity index (χ2n) is 7.91. The van der Waals surface area contributed by atoms with Crippen LogP contribution in [0.4, 0.5) is 0 Å². The molecule has 0 saturated heterocycles. The average molecular weight is 420 g/mol. The number of aliphatic hydroxyl groups is 1. The van der Waals surface area contributed by atoms with Gasteiger partial charge < -0.3 is 15.2 Å². The minimum atomic E-state index is -0.540. The summed E-state index contributed by atoms with van der Waals surface area (Å²) in [5.74, 6) is 0.769. The molecule has 164 valence electrons. The van der Waals surface area contributed by atoms with Crippen molar-refractivity contribution in [3.8, 4) is 5.75 Å². The summed E-state index contributed by atoms with van der Waals surface area (Å²) in [4.78, 5) is 6.57. The Morgan fingerprint density at radius 2 is 1.68 bits per heavy atom. The molecule has 0 spiro atoms. The summed E-state index contributed by atoms with van der Waals surface area (Å²) in [7, 11) is 2.01. The van der Waals surface area contributed by atoms with Crippen molar-refractivity contribution in [2.45, 2.75) is 39.1 Å². The van der Waals surface area contributed by atoms with Crippen molar-refractivity contribution in [2.24, 2.45) is 0 Å². The normalized spacial score (nSPS) is 12.1. The molecule has 2 aromatic carbocycles. The fourth-order valence-electron chi connectivity index (χ4n) is 3.37. The summed E-state index contributed by atoms with van der Waals surface area (Å²) < 4.78 is 5.76. The number of benzene rings is 2. The zero-order valence-corrected chi connectivity index (χ0v) is 18.5. The number of likely N-dealkylation sites (N-methyl/N-ethyl adjacent to an activating group) is 1. The first-order valence-corrected chi connectivity index (χ1v) is 10.9. The Kier molecular flexibility index (Phi) is 9.03. The van der Waals surface area contributed by atoms with E-state index in [1.54, 1.807) is 0 Å². The molecule has 1 heterocycles. The molecular weight excluding hydrogens is 386 g/mol. The topological polar surface area (TPSA) is 57.6 Å². The van der Waals surface area contributed by atoms with E-state index in [0.29, 0.717) is 6.54 Å². The molecule has 3 aromatic rings. The maximum Gasteiger partial charge on any atom is 0.119 e. The van der Waals surface area contributed by atoms with Gasteiger partial charge in [-0.25, -0.2) is 0 Å². The lowest BCUT2D eigenvalue weighted by Crippen LogP contribution is -2.32. The Balaban J connectivity index is 1.35. The monoisotopic (exact) mass is 419 g/mol. The van der Waals surface area contributed by atoms with Gasteiger partial charge in [0.15, 0.2) is 0 Å². The predicted molar refractivity (Wildman–Crippen MR) is 125 cm³/mol. The number of hydrogen-bond donors (Lipinski definition) is 2. The minimum absolute atomic E-state index is 0.274. The minimum Gasteiger partial charge on any atom is -0.491 e. The van der Waals surface area contributed by atoms with Crippen molar-refractivity contribution >= 4 is 0 Å². The molecule has 31 heavy (non-hydrogen) atoms. The highest BCUT2D eigenvalue weighted by atomic mass is 16.5. The first-order valence-electron chi connectivity index (χ1n) is 10.9. The molecule has 0 aliphatic carbocycles. The summed E-state index contributed by atoms with van der Waals surface area (Å²) in [5, 5.41) is 13.7. The van der Waals surface area contributed by atoms with Crippen LogP contribution in [0, 0.1) is 0 Å². The second kappa shape index (κ2) is 12.2. The van der Waals surface area contributed by atoms with E-state index in [0.717, 1.165) is 37.5 Å². The van der Waals surface area contributed by atoms with Crippen molar-refractivity contribution in [1.29, 1.82) is 0 Å². The smallest absolute Gasteiger partial charge is 0.119 e. The second-order valence-corrected chi connectivity index (χ2v) is 7.91. The lowest BCUT2D eigenvalue weighted by atomic mass is 10.2. The van der Waals surface area contributed by atoms with Crippen molar-refractivity contribution < 1.29 is 9.84 Å². The van der Waals surface area contributed by atoms with Gasteiger partial charge in [-0.1, -0.05) is 55.5 Å². The molecule has 0 aliphatic rings. The molecule has 5 heteroatoms. The van der Waals surface area contributed by atoms with E-state index in [4.69, 9.17) is 4.74 Å². The Morgan fingerprint density at radius 3 is 2.35 bits per heavy atom. The highest BCUT2D eigenvalue weighted by Gasteiger charge is 2.10. The van der Waals surface area contributed by atoms with Gasteiger partial charge in [0.25, 0.3) is 0 Å². The molecule has 1 atom stereocenters. The number of hydrogen-bond acceptors (Lipinski definition) is 5. The zero-order valence-electron chi connectivity index (χ0n) is 18.5. The van der Waals surface area contributed by atoms with Crippen molar-refractivity contribution in [2.75, 3.05) is 20.2 Å². The third kappa shape index (κ3) is 8.13. The first kappa shape index (κ1) is 22.9. The average Bonchev–Trinajstić information content (AvgIpc) is 2.79. The summed E-state index contributed by atoms with van der Waals surface area (Å²) in [6, 6.07) is 22.4. The Bertz CT molecular complexity index is 883. The van der Waals surface area contributed by atoms with Crippen LogP contribution in [0.5, 0.6) is 5.75 Å². The number of nitrogens with one attached hydrogen (secondary N) is 1. The van der Waals surface area contributed by atoms with Gasteiger partial charge in [-0.3, -0.25) is 9.88 Å². The number of aliphatic hydroxyl groups excluding tert-OH is 1. The fraction of sp³-hybridized carbons (Fsp3) is 0.346. The van der Waals surface area contributed by atoms with Crippen molar-refractivity contribution in [3.63, 3.8) is 0 Å². The van der Waals surface area contributed by atoms with Gasteiger partial charge in [-0.2, -0.15) is 0 Å². The number of nitrogens with zero attached hydrogens (tertiary/aromatic N) is 2. The van der Waals surface area contributed by atoms with Gasteiger partial charge in [0.2, 0.25) is 0 Å². The van der Waals surface area contributed by atoms with Gasteiger partial charge in [0.1, 0.15) is 18.5 Å². The van der Waals surface area contributed by atoms with E-state index in [1.807, 2.05) is 55.7 Å². The van der Waals surface area contributed by atoms with Crippen LogP contribution in [0.3, 0.4) is 0 Å². The van der Waals surface area contributed by atoms with Gasteiger partial charge >= 0.3 is 0 Å². The highest BCUT2D eigenvalue weighted by molar-refractivity contribution is 5.27. The number of rotatable bonds is 12. The van der Waals surface area contributed by atoms with Crippen LogP contribution in [0.1, 0.15) is 29.3 Å². The molecule has 0 unspecified atom stereocenters. The summed E-state index contributed by atoms with van der Waals surface area (Å²) >= 11 is 0. The molecule has 2 N–H and O–H groups in total. The van der Waals surface area contributed by atoms with E-state index >= 15 is 0 Å². The number of pyridine rings is 1. The molecule has 0 amide bonds. The van der Waals surface area contributed by atoms with E-state index in [9.17, 15) is 5.11 Å². The van der Waals surface area contributed by atoms with Crippen molar-refractivity contribution in [3.05, 3.63) is 95.3 Å². The van der Waals surface area contributed by atoms with Crippen LogP contribution in [0.15, 0.2) is 72.9 Å². The van der Waals surface area contributed by atoms with Crippen LogP contribution in [0.2, 0.25) is 0 Å².